The number of ether oxygens (including phenoxy) is 1. The third kappa shape index (κ3) is 2.73. The number of carbonyl (C=O) groups excluding carboxylic acids is 3. The number of hydrogen-bond donors (Lipinski definition) is 2. The lowest BCUT2D eigenvalue weighted by molar-refractivity contribution is -0.230. The molecule has 1 N–H and O–H groups in total. The Labute approximate surface area is 203 Å². The SMILES string of the molecule is C[C@@H]1C[C@H]2[C@@H]3C[C@H](F)C4=CC(=O)C=C[C@]4(C)[C@@]3(F)[C@@H](O)C[C@]2(C)[C@@]1(OC(=O)C1CCC1)C(=O)S. The van der Waals surface area contributed by atoms with Crippen molar-refractivity contribution in [2.24, 2.45) is 34.5 Å². The first-order valence-corrected chi connectivity index (χ1v) is 12.7. The number of halogens is 2. The molecule has 0 aromatic heterocycles. The summed E-state index contributed by atoms with van der Waals surface area (Å²) in [7, 11) is 0. The van der Waals surface area contributed by atoms with Crippen LogP contribution in [-0.4, -0.2) is 45.5 Å². The number of fused-ring (bicyclic) bond motifs is 5. The van der Waals surface area contributed by atoms with Gasteiger partial charge in [-0.05, 0) is 62.7 Å². The number of alkyl halides is 2. The first-order chi connectivity index (χ1) is 15.8. The highest BCUT2D eigenvalue weighted by atomic mass is 32.1. The number of thiol groups is 1. The minimum atomic E-state index is -2.24. The highest BCUT2D eigenvalue weighted by molar-refractivity contribution is 7.96. The van der Waals surface area contributed by atoms with Crippen LogP contribution in [-0.2, 0) is 19.1 Å². The van der Waals surface area contributed by atoms with Gasteiger partial charge in [-0.25, -0.2) is 8.78 Å². The molecule has 5 aliphatic rings. The van der Waals surface area contributed by atoms with Crippen molar-refractivity contribution in [2.45, 2.75) is 82.8 Å². The van der Waals surface area contributed by atoms with Crippen molar-refractivity contribution >= 4 is 29.5 Å². The van der Waals surface area contributed by atoms with E-state index in [1.165, 1.54) is 12.2 Å². The molecule has 5 rings (SSSR count). The molecule has 4 saturated carbocycles. The van der Waals surface area contributed by atoms with Crippen molar-refractivity contribution in [1.29, 1.82) is 0 Å². The van der Waals surface area contributed by atoms with Crippen LogP contribution in [0.5, 0.6) is 0 Å². The Morgan fingerprint density at radius 2 is 1.88 bits per heavy atom. The molecule has 0 aromatic rings. The van der Waals surface area contributed by atoms with Gasteiger partial charge in [0.05, 0.1) is 12.0 Å². The Morgan fingerprint density at radius 1 is 1.21 bits per heavy atom. The first kappa shape index (κ1) is 24.2. The van der Waals surface area contributed by atoms with Gasteiger partial charge in [0.25, 0.3) is 0 Å². The third-order valence-electron chi connectivity index (χ3n) is 10.2. The number of rotatable bonds is 3. The first-order valence-electron chi connectivity index (χ1n) is 12.3. The molecule has 0 saturated heterocycles. The summed E-state index contributed by atoms with van der Waals surface area (Å²) in [5.41, 5.74) is -6.42. The maximum Gasteiger partial charge on any atom is 0.309 e. The number of allylic oxidation sites excluding steroid dienone is 4. The fourth-order valence-corrected chi connectivity index (χ4v) is 8.65. The summed E-state index contributed by atoms with van der Waals surface area (Å²) in [4.78, 5) is 38.0. The van der Waals surface area contributed by atoms with E-state index in [1.807, 2.05) is 0 Å². The number of ketones is 1. The van der Waals surface area contributed by atoms with E-state index in [4.69, 9.17) is 4.74 Å². The lowest BCUT2D eigenvalue weighted by atomic mass is 9.44. The lowest BCUT2D eigenvalue weighted by Gasteiger charge is -2.63. The zero-order valence-electron chi connectivity index (χ0n) is 19.7. The van der Waals surface area contributed by atoms with E-state index in [1.54, 1.807) is 20.8 Å². The molecule has 0 radical (unpaired) electrons. The normalized spacial score (nSPS) is 49.9. The van der Waals surface area contributed by atoms with Crippen LogP contribution in [0, 0.1) is 34.5 Å². The zero-order chi connectivity index (χ0) is 24.8. The summed E-state index contributed by atoms with van der Waals surface area (Å²) >= 11 is 4.16. The van der Waals surface area contributed by atoms with E-state index >= 15 is 8.78 Å². The Morgan fingerprint density at radius 3 is 2.47 bits per heavy atom. The summed E-state index contributed by atoms with van der Waals surface area (Å²) in [6.07, 6.45) is 2.98. The van der Waals surface area contributed by atoms with Gasteiger partial charge in [-0.3, -0.25) is 14.4 Å². The van der Waals surface area contributed by atoms with Crippen molar-refractivity contribution in [3.8, 4) is 0 Å². The van der Waals surface area contributed by atoms with Crippen LogP contribution in [0.4, 0.5) is 8.78 Å². The van der Waals surface area contributed by atoms with Gasteiger partial charge in [-0.15, -0.1) is 12.6 Å². The second-order valence-electron chi connectivity index (χ2n) is 11.6. The van der Waals surface area contributed by atoms with Gasteiger partial charge in [-0.2, -0.15) is 0 Å². The molecule has 0 spiro atoms. The van der Waals surface area contributed by atoms with Gasteiger partial charge in [-0.1, -0.05) is 26.3 Å². The molecule has 8 heteroatoms. The minimum Gasteiger partial charge on any atom is -0.449 e. The maximum absolute atomic E-state index is 17.2. The standard InChI is InChI=1S/C26H32F2O5S/c1-13-9-16-17-11-19(27)18-10-15(29)7-8-23(18,2)25(17,28)20(30)12-24(16,3)26(13,22(32)34)33-21(31)14-5-4-6-14/h7-8,10,13-14,16-17,19-20,30H,4-6,9,11-12H2,1-3H3,(H,32,34)/t13-,16+,17+,19+,20+,23+,24+,25+,26+/m1/s1. The van der Waals surface area contributed by atoms with Gasteiger partial charge in [0, 0.05) is 22.7 Å². The van der Waals surface area contributed by atoms with Gasteiger partial charge in [0.15, 0.2) is 17.1 Å². The van der Waals surface area contributed by atoms with E-state index in [0.29, 0.717) is 19.3 Å². The van der Waals surface area contributed by atoms with Crippen LogP contribution in [0.2, 0.25) is 0 Å². The Kier molecular flexibility index (Phi) is 5.32. The second kappa shape index (κ2) is 7.48. The van der Waals surface area contributed by atoms with E-state index in [2.05, 4.69) is 12.6 Å². The molecule has 34 heavy (non-hydrogen) atoms. The number of esters is 1. The third-order valence-corrected chi connectivity index (χ3v) is 10.5. The fraction of sp³-hybridized carbons (Fsp3) is 0.731. The predicted molar refractivity (Wildman–Crippen MR) is 123 cm³/mol. The molecule has 0 aromatic carbocycles. The van der Waals surface area contributed by atoms with Crippen molar-refractivity contribution in [1.82, 2.24) is 0 Å². The van der Waals surface area contributed by atoms with E-state index in [-0.39, 0.29) is 24.3 Å². The van der Waals surface area contributed by atoms with Crippen LogP contribution in [0.25, 0.3) is 0 Å². The Bertz CT molecular complexity index is 1020. The average Bonchev–Trinajstić information content (AvgIpc) is 2.92. The molecule has 5 nitrogen and oxygen atoms in total. The summed E-state index contributed by atoms with van der Waals surface area (Å²) in [5, 5.41) is 10.8. The Balaban J connectivity index is 1.61. The van der Waals surface area contributed by atoms with E-state index < -0.39 is 69.0 Å². The largest absolute Gasteiger partial charge is 0.449 e. The Hall–Kier alpha value is -1.54. The highest BCUT2D eigenvalue weighted by Crippen LogP contribution is 2.71. The molecule has 0 amide bonds. The molecule has 0 heterocycles. The molecular weight excluding hydrogens is 462 g/mol. The molecule has 5 aliphatic carbocycles. The summed E-state index contributed by atoms with van der Waals surface area (Å²) < 4.78 is 38.8. The quantitative estimate of drug-likeness (QED) is 0.456. The van der Waals surface area contributed by atoms with Crippen molar-refractivity contribution in [3.05, 3.63) is 23.8 Å². The van der Waals surface area contributed by atoms with E-state index in [9.17, 15) is 19.5 Å². The number of carbonyl (C=O) groups is 3. The second-order valence-corrected chi connectivity index (χ2v) is 12.0. The molecule has 0 unspecified atom stereocenters. The van der Waals surface area contributed by atoms with E-state index in [0.717, 1.165) is 12.5 Å². The van der Waals surface area contributed by atoms with Crippen LogP contribution >= 0.6 is 12.6 Å². The summed E-state index contributed by atoms with van der Waals surface area (Å²) in [6.45, 7) is 5.09. The number of hydrogen-bond acceptors (Lipinski definition) is 5. The van der Waals surface area contributed by atoms with Crippen LogP contribution < -0.4 is 0 Å². The molecule has 186 valence electrons. The van der Waals surface area contributed by atoms with Crippen molar-refractivity contribution in [2.75, 3.05) is 0 Å². The van der Waals surface area contributed by atoms with Crippen LogP contribution in [0.3, 0.4) is 0 Å². The van der Waals surface area contributed by atoms with Crippen LogP contribution in [0.1, 0.15) is 59.3 Å². The monoisotopic (exact) mass is 494 g/mol. The summed E-state index contributed by atoms with van der Waals surface area (Å²) in [6, 6.07) is 0. The molecular formula is C26H32F2O5S. The topological polar surface area (TPSA) is 80.7 Å². The van der Waals surface area contributed by atoms with Gasteiger partial charge in [0.2, 0.25) is 5.12 Å². The minimum absolute atomic E-state index is 0.0559. The van der Waals surface area contributed by atoms with Gasteiger partial charge < -0.3 is 9.84 Å². The smallest absolute Gasteiger partial charge is 0.309 e. The molecule has 0 aliphatic heterocycles. The molecule has 9 atom stereocenters. The van der Waals surface area contributed by atoms with Crippen molar-refractivity contribution < 1.29 is 33.0 Å². The summed E-state index contributed by atoms with van der Waals surface area (Å²) in [5.74, 6) is -3.05. The van der Waals surface area contributed by atoms with Crippen LogP contribution in [0.15, 0.2) is 23.8 Å². The fourth-order valence-electron chi connectivity index (χ4n) is 8.13. The molecule has 4 fully saturated rings. The number of aliphatic hydroxyl groups is 1. The van der Waals surface area contributed by atoms with Gasteiger partial charge >= 0.3 is 5.97 Å². The number of aliphatic hydroxyl groups excluding tert-OH is 1. The van der Waals surface area contributed by atoms with Gasteiger partial charge in [0.1, 0.15) is 6.17 Å². The predicted octanol–water partition coefficient (Wildman–Crippen LogP) is 4.09. The maximum atomic E-state index is 17.2. The average molecular weight is 495 g/mol. The molecule has 0 bridgehead atoms. The zero-order valence-corrected chi connectivity index (χ0v) is 20.6. The van der Waals surface area contributed by atoms with Crippen molar-refractivity contribution in [3.63, 3.8) is 0 Å². The highest BCUT2D eigenvalue weighted by Gasteiger charge is 2.78. The lowest BCUT2D eigenvalue weighted by Crippen LogP contribution is -2.70.